The second-order valence-corrected chi connectivity index (χ2v) is 5.63. The summed E-state index contributed by atoms with van der Waals surface area (Å²) in [6.45, 7) is 7.53. The van der Waals surface area contributed by atoms with Crippen molar-refractivity contribution in [1.82, 2.24) is 5.32 Å². The fourth-order valence-electron chi connectivity index (χ4n) is 1.56. The van der Waals surface area contributed by atoms with E-state index in [0.717, 1.165) is 5.56 Å². The third-order valence-corrected chi connectivity index (χ3v) is 2.92. The van der Waals surface area contributed by atoms with Gasteiger partial charge >= 0.3 is 0 Å². The molecule has 1 aromatic rings. The predicted molar refractivity (Wildman–Crippen MR) is 70.4 cm³/mol. The average molecular weight is 252 g/mol. The molecule has 100 valence electrons. The number of hydrogen-bond acceptors (Lipinski definition) is 2. The number of rotatable bonds is 3. The van der Waals surface area contributed by atoms with Crippen LogP contribution < -0.4 is 11.1 Å². The first-order chi connectivity index (χ1) is 8.21. The predicted octanol–water partition coefficient (Wildman–Crippen LogP) is 2.38. The molecule has 18 heavy (non-hydrogen) atoms. The zero-order chi connectivity index (χ0) is 13.9. The van der Waals surface area contributed by atoms with Crippen LogP contribution in [-0.4, -0.2) is 11.9 Å². The van der Waals surface area contributed by atoms with Gasteiger partial charge in [-0.3, -0.25) is 4.79 Å². The first-order valence-corrected chi connectivity index (χ1v) is 6.03. The van der Waals surface area contributed by atoms with E-state index in [2.05, 4.69) is 5.32 Å². The molecule has 4 heteroatoms. The van der Waals surface area contributed by atoms with E-state index in [1.807, 2.05) is 27.7 Å². The summed E-state index contributed by atoms with van der Waals surface area (Å²) in [5, 5.41) is 2.80. The van der Waals surface area contributed by atoms with E-state index in [-0.39, 0.29) is 23.2 Å². The minimum Gasteiger partial charge on any atom is -0.348 e. The number of halogens is 1. The Balaban J connectivity index is 2.71. The molecule has 0 aromatic heterocycles. The first-order valence-electron chi connectivity index (χ1n) is 6.03. The summed E-state index contributed by atoms with van der Waals surface area (Å²) in [5.41, 5.74) is 6.29. The monoisotopic (exact) mass is 252 g/mol. The van der Waals surface area contributed by atoms with Gasteiger partial charge in [0.2, 0.25) is 5.91 Å². The Morgan fingerprint density at radius 1 is 1.39 bits per heavy atom. The van der Waals surface area contributed by atoms with Crippen molar-refractivity contribution in [3.05, 3.63) is 35.6 Å². The van der Waals surface area contributed by atoms with E-state index in [1.165, 1.54) is 12.1 Å². The number of benzene rings is 1. The van der Waals surface area contributed by atoms with Crippen molar-refractivity contribution in [1.29, 1.82) is 0 Å². The number of amides is 1. The Kier molecular flexibility index (Phi) is 4.46. The summed E-state index contributed by atoms with van der Waals surface area (Å²) in [6, 6.07) is 5.33. The number of carbonyl (C=O) groups is 1. The summed E-state index contributed by atoms with van der Waals surface area (Å²) >= 11 is 0. The molecule has 3 nitrogen and oxygen atoms in total. The fourth-order valence-corrected chi connectivity index (χ4v) is 1.56. The lowest BCUT2D eigenvalue weighted by molar-refractivity contribution is -0.125. The maximum Gasteiger partial charge on any atom is 0.237 e. The molecule has 1 amide bonds. The topological polar surface area (TPSA) is 55.1 Å². The van der Waals surface area contributed by atoms with E-state index in [1.54, 1.807) is 12.1 Å². The van der Waals surface area contributed by atoms with Crippen LogP contribution in [0.25, 0.3) is 0 Å². The Morgan fingerprint density at radius 2 is 2.00 bits per heavy atom. The third-order valence-electron chi connectivity index (χ3n) is 2.92. The Bertz CT molecular complexity index is 426. The van der Waals surface area contributed by atoms with Crippen LogP contribution in [0.15, 0.2) is 24.3 Å². The molecule has 0 saturated carbocycles. The van der Waals surface area contributed by atoms with Gasteiger partial charge in [-0.05, 0) is 30.0 Å². The zero-order valence-corrected chi connectivity index (χ0v) is 11.3. The quantitative estimate of drug-likeness (QED) is 0.867. The third kappa shape index (κ3) is 3.81. The van der Waals surface area contributed by atoms with Gasteiger partial charge in [0.1, 0.15) is 5.82 Å². The second kappa shape index (κ2) is 5.48. The van der Waals surface area contributed by atoms with Crippen LogP contribution in [0.2, 0.25) is 0 Å². The van der Waals surface area contributed by atoms with E-state index in [4.69, 9.17) is 5.73 Å². The van der Waals surface area contributed by atoms with Crippen LogP contribution in [0.5, 0.6) is 0 Å². The maximum atomic E-state index is 13.1. The van der Waals surface area contributed by atoms with E-state index in [0.29, 0.717) is 0 Å². The van der Waals surface area contributed by atoms with Gasteiger partial charge in [-0.25, -0.2) is 4.39 Å². The standard InChI is InChI=1S/C14H21FN2O/c1-9(10-6-5-7-11(15)8-10)17-13(18)12(16)14(2,3)4/h5-9,12H,16H2,1-4H3,(H,17,18)/t9?,12-/m1/s1. The summed E-state index contributed by atoms with van der Waals surface area (Å²) in [6.07, 6.45) is 0. The van der Waals surface area contributed by atoms with E-state index in [9.17, 15) is 9.18 Å². The molecule has 1 unspecified atom stereocenters. The van der Waals surface area contributed by atoms with Crippen molar-refractivity contribution in [2.75, 3.05) is 0 Å². The van der Waals surface area contributed by atoms with Gasteiger partial charge in [-0.15, -0.1) is 0 Å². The van der Waals surface area contributed by atoms with Gasteiger partial charge in [0.15, 0.2) is 0 Å². The zero-order valence-electron chi connectivity index (χ0n) is 11.3. The lowest BCUT2D eigenvalue weighted by Gasteiger charge is -2.27. The normalized spacial score (nSPS) is 15.0. The lowest BCUT2D eigenvalue weighted by atomic mass is 9.86. The molecule has 1 aromatic carbocycles. The maximum absolute atomic E-state index is 13.1. The van der Waals surface area contributed by atoms with Crippen LogP contribution in [0.4, 0.5) is 4.39 Å². The Hall–Kier alpha value is -1.42. The number of carbonyl (C=O) groups excluding carboxylic acids is 1. The molecule has 1 rings (SSSR count). The van der Waals surface area contributed by atoms with Crippen molar-refractivity contribution < 1.29 is 9.18 Å². The fraction of sp³-hybridized carbons (Fsp3) is 0.500. The molecule has 0 saturated heterocycles. The molecule has 0 aliphatic carbocycles. The number of nitrogens with two attached hydrogens (primary N) is 1. The Labute approximate surface area is 108 Å². The number of nitrogens with one attached hydrogen (secondary N) is 1. The highest BCUT2D eigenvalue weighted by Gasteiger charge is 2.28. The summed E-state index contributed by atoms with van der Waals surface area (Å²) in [5.74, 6) is -0.534. The van der Waals surface area contributed by atoms with Crippen LogP contribution in [0, 0.1) is 11.2 Å². The molecule has 2 atom stereocenters. The second-order valence-electron chi connectivity index (χ2n) is 5.63. The van der Waals surface area contributed by atoms with Gasteiger partial charge in [-0.1, -0.05) is 32.9 Å². The van der Waals surface area contributed by atoms with Gasteiger partial charge in [0, 0.05) is 0 Å². The van der Waals surface area contributed by atoms with Gasteiger partial charge in [-0.2, -0.15) is 0 Å². The molecule has 0 aliphatic heterocycles. The van der Waals surface area contributed by atoms with Crippen LogP contribution in [0.1, 0.15) is 39.3 Å². The molecule has 0 radical (unpaired) electrons. The largest absolute Gasteiger partial charge is 0.348 e. The highest BCUT2D eigenvalue weighted by atomic mass is 19.1. The number of hydrogen-bond donors (Lipinski definition) is 2. The van der Waals surface area contributed by atoms with E-state index < -0.39 is 6.04 Å². The van der Waals surface area contributed by atoms with Crippen LogP contribution in [-0.2, 0) is 4.79 Å². The minimum atomic E-state index is -0.589. The Morgan fingerprint density at radius 3 is 2.50 bits per heavy atom. The summed E-state index contributed by atoms with van der Waals surface area (Å²) in [7, 11) is 0. The highest BCUT2D eigenvalue weighted by Crippen LogP contribution is 2.19. The van der Waals surface area contributed by atoms with Crippen molar-refractivity contribution in [3.8, 4) is 0 Å². The van der Waals surface area contributed by atoms with Crippen molar-refractivity contribution in [2.45, 2.75) is 39.8 Å². The van der Waals surface area contributed by atoms with Crippen molar-refractivity contribution >= 4 is 5.91 Å². The molecule has 0 bridgehead atoms. The lowest BCUT2D eigenvalue weighted by Crippen LogP contribution is -2.49. The molecule has 3 N–H and O–H groups in total. The summed E-state index contributed by atoms with van der Waals surface area (Å²) in [4.78, 5) is 11.9. The molecular weight excluding hydrogens is 231 g/mol. The minimum absolute atomic E-state index is 0.223. The SMILES string of the molecule is CC(NC(=O)[C@@H](N)C(C)(C)C)c1cccc(F)c1. The van der Waals surface area contributed by atoms with Crippen LogP contribution in [0.3, 0.4) is 0 Å². The van der Waals surface area contributed by atoms with Crippen molar-refractivity contribution in [3.63, 3.8) is 0 Å². The van der Waals surface area contributed by atoms with Gasteiger partial charge < -0.3 is 11.1 Å². The van der Waals surface area contributed by atoms with Crippen LogP contribution >= 0.6 is 0 Å². The van der Waals surface area contributed by atoms with Gasteiger partial charge in [0.05, 0.1) is 12.1 Å². The molecule has 0 fully saturated rings. The molecule has 0 spiro atoms. The molecular formula is C14H21FN2O. The smallest absolute Gasteiger partial charge is 0.237 e. The van der Waals surface area contributed by atoms with Crippen molar-refractivity contribution in [2.24, 2.45) is 11.1 Å². The highest BCUT2D eigenvalue weighted by molar-refractivity contribution is 5.82. The average Bonchev–Trinajstić information content (AvgIpc) is 2.26. The summed E-state index contributed by atoms with van der Waals surface area (Å²) < 4.78 is 13.1. The first kappa shape index (κ1) is 14.6. The van der Waals surface area contributed by atoms with Gasteiger partial charge in [0.25, 0.3) is 0 Å². The van der Waals surface area contributed by atoms with E-state index >= 15 is 0 Å². The molecule has 0 heterocycles. The molecule has 0 aliphatic rings.